The van der Waals surface area contributed by atoms with Gasteiger partial charge in [0.25, 0.3) is 0 Å². The lowest BCUT2D eigenvalue weighted by Crippen LogP contribution is -1.89. The van der Waals surface area contributed by atoms with E-state index in [0.717, 1.165) is 15.5 Å². The molecule has 2 rings (SSSR count). The van der Waals surface area contributed by atoms with E-state index in [0.29, 0.717) is 4.73 Å². The molecular formula is C9H6Br2N2. The first-order valence-corrected chi connectivity index (χ1v) is 5.35. The van der Waals surface area contributed by atoms with Gasteiger partial charge in [-0.3, -0.25) is 0 Å². The van der Waals surface area contributed by atoms with Gasteiger partial charge in [0.15, 0.2) is 4.73 Å². The number of hydrogen-bond acceptors (Lipinski definition) is 2. The van der Waals surface area contributed by atoms with Crippen LogP contribution in [0.2, 0.25) is 0 Å². The average molecular weight is 302 g/mol. The molecule has 2 nitrogen and oxygen atoms in total. The molecule has 0 unspecified atom stereocenters. The summed E-state index contributed by atoms with van der Waals surface area (Å²) in [5.41, 5.74) is 2.13. The van der Waals surface area contributed by atoms with E-state index in [2.05, 4.69) is 41.8 Å². The van der Waals surface area contributed by atoms with Crippen molar-refractivity contribution in [1.29, 1.82) is 0 Å². The summed E-state index contributed by atoms with van der Waals surface area (Å²) in [5.74, 6) is 0. The predicted octanol–water partition coefficient (Wildman–Crippen LogP) is 3.46. The Morgan fingerprint density at radius 1 is 1.15 bits per heavy atom. The van der Waals surface area contributed by atoms with Crippen LogP contribution in [0.5, 0.6) is 0 Å². The number of halogens is 2. The smallest absolute Gasteiger partial charge is 0.198 e. The molecule has 0 radical (unpaired) electrons. The average Bonchev–Trinajstić information content (AvgIpc) is 2.02. The number of nitrogens with zero attached hydrogens (tertiary/aromatic N) is 2. The maximum Gasteiger partial charge on any atom is 0.198 e. The van der Waals surface area contributed by atoms with Gasteiger partial charge in [-0.2, -0.15) is 0 Å². The molecule has 0 aliphatic carbocycles. The van der Waals surface area contributed by atoms with Gasteiger partial charge in [0.05, 0.1) is 5.52 Å². The second-order valence-corrected chi connectivity index (χ2v) is 4.21. The Morgan fingerprint density at radius 2 is 1.92 bits per heavy atom. The fraction of sp³-hybridized carbons (Fsp3) is 0.111. The van der Waals surface area contributed by atoms with Crippen molar-refractivity contribution in [2.75, 3.05) is 0 Å². The van der Waals surface area contributed by atoms with Crippen LogP contribution in [0, 0.1) is 6.92 Å². The highest BCUT2D eigenvalue weighted by Crippen LogP contribution is 2.25. The van der Waals surface area contributed by atoms with Gasteiger partial charge in [0.2, 0.25) is 0 Å². The normalized spacial score (nSPS) is 10.7. The van der Waals surface area contributed by atoms with Crippen LogP contribution in [0.1, 0.15) is 5.56 Å². The topological polar surface area (TPSA) is 25.8 Å². The van der Waals surface area contributed by atoms with Crippen LogP contribution in [0.3, 0.4) is 0 Å². The van der Waals surface area contributed by atoms with E-state index in [1.54, 1.807) is 0 Å². The third-order valence-electron chi connectivity index (χ3n) is 1.86. The fourth-order valence-electron chi connectivity index (χ4n) is 1.28. The van der Waals surface area contributed by atoms with E-state index in [4.69, 9.17) is 0 Å². The molecule has 1 heterocycles. The predicted molar refractivity (Wildman–Crippen MR) is 59.7 cm³/mol. The van der Waals surface area contributed by atoms with Crippen LogP contribution >= 0.6 is 31.9 Å². The van der Waals surface area contributed by atoms with E-state index in [1.807, 2.05) is 25.1 Å². The molecule has 2 aromatic rings. The Morgan fingerprint density at radius 3 is 2.69 bits per heavy atom. The molecule has 0 bridgehead atoms. The highest BCUT2D eigenvalue weighted by molar-refractivity contribution is 9.11. The Bertz CT molecular complexity index is 468. The highest BCUT2D eigenvalue weighted by Gasteiger charge is 2.05. The van der Waals surface area contributed by atoms with Crippen molar-refractivity contribution in [1.82, 2.24) is 9.97 Å². The Labute approximate surface area is 92.7 Å². The van der Waals surface area contributed by atoms with Gasteiger partial charge in [-0.05, 0) is 50.4 Å². The summed E-state index contributed by atoms with van der Waals surface area (Å²) in [6.07, 6.45) is 0. The minimum absolute atomic E-state index is 0.609. The molecule has 0 aliphatic rings. The van der Waals surface area contributed by atoms with Gasteiger partial charge in [-0.25, -0.2) is 9.97 Å². The van der Waals surface area contributed by atoms with Gasteiger partial charge < -0.3 is 0 Å². The molecule has 0 spiro atoms. The zero-order valence-corrected chi connectivity index (χ0v) is 10.1. The maximum absolute atomic E-state index is 4.27. The lowest BCUT2D eigenvalue weighted by atomic mass is 10.1. The van der Waals surface area contributed by atoms with Crippen LogP contribution < -0.4 is 0 Å². The minimum Gasteiger partial charge on any atom is -0.222 e. The molecular weight excluding hydrogens is 296 g/mol. The van der Waals surface area contributed by atoms with Crippen molar-refractivity contribution >= 4 is 42.8 Å². The highest BCUT2D eigenvalue weighted by atomic mass is 79.9. The zero-order chi connectivity index (χ0) is 9.42. The van der Waals surface area contributed by atoms with Crippen molar-refractivity contribution in [2.45, 2.75) is 6.92 Å². The third-order valence-corrected chi connectivity index (χ3v) is 2.79. The second-order valence-electron chi connectivity index (χ2n) is 2.75. The molecule has 66 valence electrons. The quantitative estimate of drug-likeness (QED) is 0.550. The van der Waals surface area contributed by atoms with Gasteiger partial charge in [0.1, 0.15) is 4.60 Å². The first-order chi connectivity index (χ1) is 6.18. The number of hydrogen-bond donors (Lipinski definition) is 0. The molecule has 1 aromatic heterocycles. The van der Waals surface area contributed by atoms with E-state index in [9.17, 15) is 0 Å². The third kappa shape index (κ3) is 1.60. The Kier molecular flexibility index (Phi) is 2.34. The molecule has 0 fully saturated rings. The number of fused-ring (bicyclic) bond motifs is 1. The lowest BCUT2D eigenvalue weighted by molar-refractivity contribution is 1.13. The number of aromatic nitrogens is 2. The molecule has 0 N–H and O–H groups in total. The standard InChI is InChI=1S/C9H6Br2N2/c1-5-3-2-4-6-7(5)8(10)13-9(11)12-6/h2-4H,1H3. The lowest BCUT2D eigenvalue weighted by Gasteiger charge is -2.02. The molecule has 1 aromatic carbocycles. The van der Waals surface area contributed by atoms with Crippen molar-refractivity contribution < 1.29 is 0 Å². The summed E-state index contributed by atoms with van der Waals surface area (Å²) >= 11 is 6.67. The Hall–Kier alpha value is -0.480. The monoisotopic (exact) mass is 300 g/mol. The summed E-state index contributed by atoms with van der Waals surface area (Å²) in [6.45, 7) is 2.05. The number of benzene rings is 1. The fourth-order valence-corrected chi connectivity index (χ4v) is 2.57. The number of aryl methyl sites for hydroxylation is 1. The van der Waals surface area contributed by atoms with Gasteiger partial charge in [-0.15, -0.1) is 0 Å². The first kappa shape index (κ1) is 9.09. The van der Waals surface area contributed by atoms with Crippen LogP contribution in [-0.2, 0) is 0 Å². The molecule has 0 aliphatic heterocycles. The van der Waals surface area contributed by atoms with Crippen molar-refractivity contribution in [2.24, 2.45) is 0 Å². The van der Waals surface area contributed by atoms with Crippen molar-refractivity contribution in [3.63, 3.8) is 0 Å². The summed E-state index contributed by atoms with van der Waals surface area (Å²) in [5, 5.41) is 1.07. The Balaban J connectivity index is 2.94. The summed E-state index contributed by atoms with van der Waals surface area (Å²) in [6, 6.07) is 6.01. The molecule has 4 heteroatoms. The molecule has 0 saturated carbocycles. The van der Waals surface area contributed by atoms with Crippen LogP contribution in [0.25, 0.3) is 10.9 Å². The van der Waals surface area contributed by atoms with E-state index < -0.39 is 0 Å². The van der Waals surface area contributed by atoms with E-state index in [-0.39, 0.29) is 0 Å². The van der Waals surface area contributed by atoms with Gasteiger partial charge in [-0.1, -0.05) is 12.1 Å². The van der Waals surface area contributed by atoms with Crippen LogP contribution in [-0.4, -0.2) is 9.97 Å². The zero-order valence-electron chi connectivity index (χ0n) is 6.88. The summed E-state index contributed by atoms with van der Waals surface area (Å²) < 4.78 is 1.44. The van der Waals surface area contributed by atoms with Crippen LogP contribution in [0.15, 0.2) is 27.5 Å². The van der Waals surface area contributed by atoms with Crippen molar-refractivity contribution in [3.05, 3.63) is 33.1 Å². The SMILES string of the molecule is Cc1cccc2nc(Br)nc(Br)c12. The van der Waals surface area contributed by atoms with E-state index in [1.165, 1.54) is 5.56 Å². The minimum atomic E-state index is 0.609. The second kappa shape index (κ2) is 3.35. The number of rotatable bonds is 0. The molecule has 0 saturated heterocycles. The van der Waals surface area contributed by atoms with Crippen LogP contribution in [0.4, 0.5) is 0 Å². The summed E-state index contributed by atoms with van der Waals surface area (Å²) in [4.78, 5) is 8.46. The molecule has 0 atom stereocenters. The van der Waals surface area contributed by atoms with Crippen molar-refractivity contribution in [3.8, 4) is 0 Å². The maximum atomic E-state index is 4.27. The van der Waals surface area contributed by atoms with Gasteiger partial charge in [0, 0.05) is 5.39 Å². The van der Waals surface area contributed by atoms with Gasteiger partial charge >= 0.3 is 0 Å². The summed E-state index contributed by atoms with van der Waals surface area (Å²) in [7, 11) is 0. The van der Waals surface area contributed by atoms with E-state index >= 15 is 0 Å². The first-order valence-electron chi connectivity index (χ1n) is 3.77. The molecule has 0 amide bonds. The largest absolute Gasteiger partial charge is 0.222 e. The molecule has 13 heavy (non-hydrogen) atoms.